The molecule has 3 aromatic rings. The van der Waals surface area contributed by atoms with E-state index in [4.69, 9.17) is 4.74 Å². The number of rotatable bonds is 6. The number of nitrogens with one attached hydrogen (secondary N) is 1. The van der Waals surface area contributed by atoms with E-state index in [1.807, 2.05) is 36.4 Å². The highest BCUT2D eigenvalue weighted by molar-refractivity contribution is 5.79. The van der Waals surface area contributed by atoms with Gasteiger partial charge in [0, 0.05) is 31.1 Å². The Morgan fingerprint density at radius 2 is 1.74 bits per heavy atom. The van der Waals surface area contributed by atoms with E-state index in [1.165, 1.54) is 12.1 Å². The minimum atomic E-state index is -0.275. The van der Waals surface area contributed by atoms with Gasteiger partial charge in [-0.15, -0.1) is 10.2 Å². The number of piperidine rings is 1. The summed E-state index contributed by atoms with van der Waals surface area (Å²) in [5.41, 5.74) is 2.68. The molecule has 0 atom stereocenters. The van der Waals surface area contributed by atoms with Gasteiger partial charge in [0.2, 0.25) is 5.91 Å². The summed E-state index contributed by atoms with van der Waals surface area (Å²) in [5, 5.41) is 11.7. The van der Waals surface area contributed by atoms with Gasteiger partial charge in [-0.05, 0) is 66.9 Å². The summed E-state index contributed by atoms with van der Waals surface area (Å²) in [7, 11) is 1.64. The number of halogens is 1. The van der Waals surface area contributed by atoms with Crippen LogP contribution in [0.2, 0.25) is 0 Å². The van der Waals surface area contributed by atoms with Crippen molar-refractivity contribution in [3.05, 3.63) is 72.0 Å². The van der Waals surface area contributed by atoms with Crippen molar-refractivity contribution < 1.29 is 13.9 Å². The number of methoxy groups -OCH3 is 1. The van der Waals surface area contributed by atoms with E-state index in [-0.39, 0.29) is 17.6 Å². The van der Waals surface area contributed by atoms with Gasteiger partial charge in [-0.3, -0.25) is 4.79 Å². The van der Waals surface area contributed by atoms with Crippen molar-refractivity contribution in [3.63, 3.8) is 0 Å². The molecule has 0 bridgehead atoms. The fraction of sp³-hybridized carbons (Fsp3) is 0.292. The molecule has 1 aliphatic rings. The third-order valence-electron chi connectivity index (χ3n) is 5.61. The molecule has 4 rings (SSSR count). The molecule has 2 aromatic carbocycles. The predicted molar refractivity (Wildman–Crippen MR) is 117 cm³/mol. The van der Waals surface area contributed by atoms with E-state index < -0.39 is 0 Å². The molecule has 1 N–H and O–H groups in total. The maximum absolute atomic E-state index is 13.0. The molecule has 1 saturated heterocycles. The van der Waals surface area contributed by atoms with Crippen LogP contribution in [0, 0.1) is 11.7 Å². The number of nitrogens with zero attached hydrogens (tertiary/aromatic N) is 3. The average molecular weight is 420 g/mol. The van der Waals surface area contributed by atoms with Gasteiger partial charge in [0.05, 0.1) is 12.8 Å². The summed E-state index contributed by atoms with van der Waals surface area (Å²) in [6.45, 7) is 1.92. The second-order valence-corrected chi connectivity index (χ2v) is 7.61. The van der Waals surface area contributed by atoms with Gasteiger partial charge in [-0.2, -0.15) is 0 Å². The maximum atomic E-state index is 13.0. The first kappa shape index (κ1) is 20.8. The molecular weight excluding hydrogens is 395 g/mol. The highest BCUT2D eigenvalue weighted by Crippen LogP contribution is 2.24. The van der Waals surface area contributed by atoms with E-state index in [1.54, 1.807) is 19.2 Å². The molecule has 0 radical (unpaired) electrons. The monoisotopic (exact) mass is 420 g/mol. The van der Waals surface area contributed by atoms with Crippen LogP contribution in [0.1, 0.15) is 18.4 Å². The van der Waals surface area contributed by atoms with E-state index in [0.29, 0.717) is 6.54 Å². The van der Waals surface area contributed by atoms with E-state index in [0.717, 1.165) is 54.3 Å². The van der Waals surface area contributed by atoms with Crippen molar-refractivity contribution >= 4 is 11.7 Å². The van der Waals surface area contributed by atoms with Gasteiger partial charge in [-0.25, -0.2) is 4.39 Å². The second kappa shape index (κ2) is 9.55. The molecule has 1 aromatic heterocycles. The number of amides is 1. The van der Waals surface area contributed by atoms with E-state index in [9.17, 15) is 9.18 Å². The number of aromatic nitrogens is 2. The Kier molecular flexibility index (Phi) is 6.40. The standard InChI is InChI=1S/C24H25FN4O2/c1-31-21-8-4-18(5-9-21)22-10-11-23(28-27-22)29-14-12-19(13-15-29)24(30)26-16-17-2-6-20(25)7-3-17/h2-11,19H,12-16H2,1H3,(H,26,30). The summed E-state index contributed by atoms with van der Waals surface area (Å²) >= 11 is 0. The Balaban J connectivity index is 1.28. The Morgan fingerprint density at radius 1 is 1.03 bits per heavy atom. The Morgan fingerprint density at radius 3 is 2.35 bits per heavy atom. The second-order valence-electron chi connectivity index (χ2n) is 7.61. The quantitative estimate of drug-likeness (QED) is 0.657. The van der Waals surface area contributed by atoms with Gasteiger partial charge < -0.3 is 15.0 Å². The molecule has 6 nitrogen and oxygen atoms in total. The van der Waals surface area contributed by atoms with Crippen molar-refractivity contribution in [3.8, 4) is 17.0 Å². The number of hydrogen-bond acceptors (Lipinski definition) is 5. The predicted octanol–water partition coefficient (Wildman–Crippen LogP) is 3.82. The molecule has 1 fully saturated rings. The van der Waals surface area contributed by atoms with Gasteiger partial charge in [0.15, 0.2) is 5.82 Å². The first-order valence-corrected chi connectivity index (χ1v) is 10.4. The zero-order valence-corrected chi connectivity index (χ0v) is 17.4. The third-order valence-corrected chi connectivity index (χ3v) is 5.61. The summed E-state index contributed by atoms with van der Waals surface area (Å²) in [5.74, 6) is 1.37. The zero-order chi connectivity index (χ0) is 21.6. The van der Waals surface area contributed by atoms with E-state index >= 15 is 0 Å². The van der Waals surface area contributed by atoms with Crippen molar-refractivity contribution in [2.75, 3.05) is 25.1 Å². The number of carbonyl (C=O) groups is 1. The molecule has 1 amide bonds. The van der Waals surface area contributed by atoms with Crippen LogP contribution in [0.3, 0.4) is 0 Å². The Bertz CT molecular complexity index is 999. The topological polar surface area (TPSA) is 67.3 Å². The third kappa shape index (κ3) is 5.17. The van der Waals surface area contributed by atoms with Gasteiger partial charge >= 0.3 is 0 Å². The molecule has 2 heterocycles. The molecular formula is C24H25FN4O2. The minimum Gasteiger partial charge on any atom is -0.497 e. The van der Waals surface area contributed by atoms with Gasteiger partial charge in [0.25, 0.3) is 0 Å². The van der Waals surface area contributed by atoms with Gasteiger partial charge in [-0.1, -0.05) is 12.1 Å². The van der Waals surface area contributed by atoms with Crippen LogP contribution in [0.5, 0.6) is 5.75 Å². The molecule has 0 aliphatic carbocycles. The number of anilines is 1. The molecule has 0 saturated carbocycles. The van der Waals surface area contributed by atoms with Crippen LogP contribution >= 0.6 is 0 Å². The lowest BCUT2D eigenvalue weighted by molar-refractivity contribution is -0.125. The van der Waals surface area contributed by atoms with Crippen LogP contribution in [0.15, 0.2) is 60.7 Å². The normalized spacial score (nSPS) is 14.3. The minimum absolute atomic E-state index is 0.0248. The summed E-state index contributed by atoms with van der Waals surface area (Å²) in [4.78, 5) is 14.6. The highest BCUT2D eigenvalue weighted by atomic mass is 19.1. The fourth-order valence-electron chi connectivity index (χ4n) is 3.72. The van der Waals surface area contributed by atoms with Crippen LogP contribution in [-0.2, 0) is 11.3 Å². The first-order chi connectivity index (χ1) is 15.1. The maximum Gasteiger partial charge on any atom is 0.223 e. The largest absolute Gasteiger partial charge is 0.497 e. The Hall–Kier alpha value is -3.48. The molecule has 1 aliphatic heterocycles. The first-order valence-electron chi connectivity index (χ1n) is 10.4. The molecule has 0 spiro atoms. The Labute approximate surface area is 181 Å². The number of ether oxygens (including phenoxy) is 1. The SMILES string of the molecule is COc1ccc(-c2ccc(N3CCC(C(=O)NCc4ccc(F)cc4)CC3)nn2)cc1. The zero-order valence-electron chi connectivity index (χ0n) is 17.4. The smallest absolute Gasteiger partial charge is 0.223 e. The summed E-state index contributed by atoms with van der Waals surface area (Å²) < 4.78 is 18.2. The van der Waals surface area contributed by atoms with Crippen LogP contribution in [-0.4, -0.2) is 36.3 Å². The molecule has 7 heteroatoms. The van der Waals surface area contributed by atoms with Gasteiger partial charge in [0.1, 0.15) is 11.6 Å². The van der Waals surface area contributed by atoms with Crippen molar-refractivity contribution in [1.29, 1.82) is 0 Å². The number of benzene rings is 2. The summed E-state index contributed by atoms with van der Waals surface area (Å²) in [6.07, 6.45) is 1.52. The lowest BCUT2D eigenvalue weighted by atomic mass is 9.96. The highest BCUT2D eigenvalue weighted by Gasteiger charge is 2.25. The van der Waals surface area contributed by atoms with Crippen LogP contribution in [0.4, 0.5) is 10.2 Å². The number of hydrogen-bond donors (Lipinski definition) is 1. The average Bonchev–Trinajstić information content (AvgIpc) is 2.84. The van der Waals surface area contributed by atoms with E-state index in [2.05, 4.69) is 20.4 Å². The molecule has 31 heavy (non-hydrogen) atoms. The van der Waals surface area contributed by atoms with Crippen LogP contribution < -0.4 is 15.0 Å². The lowest BCUT2D eigenvalue weighted by Crippen LogP contribution is -2.40. The summed E-state index contributed by atoms with van der Waals surface area (Å²) in [6, 6.07) is 17.8. The van der Waals surface area contributed by atoms with Crippen LogP contribution in [0.25, 0.3) is 11.3 Å². The van der Waals surface area contributed by atoms with Crippen molar-refractivity contribution in [1.82, 2.24) is 15.5 Å². The molecule has 160 valence electrons. The van der Waals surface area contributed by atoms with Crippen molar-refractivity contribution in [2.45, 2.75) is 19.4 Å². The van der Waals surface area contributed by atoms with Crippen molar-refractivity contribution in [2.24, 2.45) is 5.92 Å². The number of carbonyl (C=O) groups excluding carboxylic acids is 1. The lowest BCUT2D eigenvalue weighted by Gasteiger charge is -2.31. The molecule has 0 unspecified atom stereocenters. The fourth-order valence-corrected chi connectivity index (χ4v) is 3.72.